The summed E-state index contributed by atoms with van der Waals surface area (Å²) in [6.07, 6.45) is 1.89. The van der Waals surface area contributed by atoms with Gasteiger partial charge in [-0.15, -0.1) is 11.8 Å². The van der Waals surface area contributed by atoms with Crippen LogP contribution in [0.4, 0.5) is 5.69 Å². The number of carboxylic acids is 1. The van der Waals surface area contributed by atoms with E-state index in [1.165, 1.54) is 30.8 Å². The molecule has 0 bridgehead atoms. The zero-order valence-corrected chi connectivity index (χ0v) is 12.7. The Hall–Kier alpha value is -2.09. The lowest BCUT2D eigenvalue weighted by Crippen LogP contribution is -2.51. The van der Waals surface area contributed by atoms with Crippen molar-refractivity contribution in [3.63, 3.8) is 0 Å². The average molecular weight is 312 g/mol. The molecule has 1 atom stereocenters. The monoisotopic (exact) mass is 312 g/mol. The van der Waals surface area contributed by atoms with Crippen LogP contribution in [-0.4, -0.2) is 33.7 Å². The fraction of sp³-hybridized carbons (Fsp3) is 0.385. The SMILES string of the molecule is CCC(C)(NC(=O)c1ccc(SC)c([N+](=O)[O-])c1)C(=O)O. The van der Waals surface area contributed by atoms with Crippen molar-refractivity contribution in [2.24, 2.45) is 0 Å². The first-order chi connectivity index (χ1) is 9.75. The molecule has 0 aromatic heterocycles. The number of nitrogens with zero attached hydrogens (tertiary/aromatic N) is 1. The van der Waals surface area contributed by atoms with Gasteiger partial charge in [0.1, 0.15) is 5.54 Å². The molecular weight excluding hydrogens is 296 g/mol. The number of benzene rings is 1. The maximum atomic E-state index is 12.1. The van der Waals surface area contributed by atoms with Gasteiger partial charge >= 0.3 is 5.97 Å². The first kappa shape index (κ1) is 17.0. The number of carboxylic acid groups (broad SMARTS) is 1. The molecule has 0 aliphatic carbocycles. The van der Waals surface area contributed by atoms with Gasteiger partial charge in [-0.25, -0.2) is 4.79 Å². The van der Waals surface area contributed by atoms with Crippen molar-refractivity contribution < 1.29 is 19.6 Å². The van der Waals surface area contributed by atoms with Crippen molar-refractivity contribution in [2.45, 2.75) is 30.7 Å². The molecule has 0 heterocycles. The van der Waals surface area contributed by atoms with Crippen LogP contribution in [0.3, 0.4) is 0 Å². The van der Waals surface area contributed by atoms with Gasteiger partial charge < -0.3 is 10.4 Å². The smallest absolute Gasteiger partial charge is 0.329 e. The maximum Gasteiger partial charge on any atom is 0.329 e. The molecule has 1 aromatic rings. The van der Waals surface area contributed by atoms with Crippen LogP contribution in [0.15, 0.2) is 23.1 Å². The fourth-order valence-electron chi connectivity index (χ4n) is 1.59. The predicted octanol–water partition coefficient (Wildman–Crippen LogP) is 2.30. The van der Waals surface area contributed by atoms with E-state index in [0.29, 0.717) is 4.90 Å². The third-order valence-corrected chi connectivity index (χ3v) is 3.99. The number of hydrogen-bond donors (Lipinski definition) is 2. The third-order valence-electron chi connectivity index (χ3n) is 3.21. The van der Waals surface area contributed by atoms with Gasteiger partial charge in [-0.2, -0.15) is 0 Å². The number of rotatable bonds is 6. The van der Waals surface area contributed by atoms with Crippen LogP contribution in [0.25, 0.3) is 0 Å². The van der Waals surface area contributed by atoms with Gasteiger partial charge in [0.2, 0.25) is 0 Å². The fourth-order valence-corrected chi connectivity index (χ4v) is 2.14. The zero-order chi connectivity index (χ0) is 16.2. The summed E-state index contributed by atoms with van der Waals surface area (Å²) in [4.78, 5) is 34.1. The van der Waals surface area contributed by atoms with Crippen LogP contribution < -0.4 is 5.32 Å². The molecule has 114 valence electrons. The van der Waals surface area contributed by atoms with Crippen LogP contribution in [0.1, 0.15) is 30.6 Å². The quantitative estimate of drug-likeness (QED) is 0.474. The van der Waals surface area contributed by atoms with E-state index in [4.69, 9.17) is 5.11 Å². The summed E-state index contributed by atoms with van der Waals surface area (Å²) in [5, 5.41) is 22.5. The number of carbonyl (C=O) groups is 2. The molecule has 7 nitrogen and oxygen atoms in total. The van der Waals surface area contributed by atoms with Crippen LogP contribution in [0.5, 0.6) is 0 Å². The van der Waals surface area contributed by atoms with E-state index >= 15 is 0 Å². The molecule has 0 saturated carbocycles. The highest BCUT2D eigenvalue weighted by molar-refractivity contribution is 7.98. The molecule has 0 spiro atoms. The first-order valence-corrected chi connectivity index (χ1v) is 7.36. The summed E-state index contributed by atoms with van der Waals surface area (Å²) in [5.41, 5.74) is -1.53. The number of aliphatic carboxylic acids is 1. The Balaban J connectivity index is 3.11. The van der Waals surface area contributed by atoms with E-state index in [1.54, 1.807) is 13.2 Å². The topological polar surface area (TPSA) is 110 Å². The van der Waals surface area contributed by atoms with Gasteiger partial charge in [0, 0.05) is 11.6 Å². The lowest BCUT2D eigenvalue weighted by molar-refractivity contribution is -0.387. The number of carbonyl (C=O) groups excluding carboxylic acids is 1. The lowest BCUT2D eigenvalue weighted by Gasteiger charge is -2.24. The van der Waals surface area contributed by atoms with Crippen LogP contribution >= 0.6 is 11.8 Å². The minimum absolute atomic E-state index is 0.0559. The Morgan fingerprint density at radius 2 is 2.10 bits per heavy atom. The van der Waals surface area contributed by atoms with Gasteiger partial charge in [-0.05, 0) is 31.7 Å². The van der Waals surface area contributed by atoms with Gasteiger partial charge in [0.15, 0.2) is 0 Å². The number of nitrogens with one attached hydrogen (secondary N) is 1. The lowest BCUT2D eigenvalue weighted by atomic mass is 9.98. The minimum atomic E-state index is -1.41. The largest absolute Gasteiger partial charge is 0.480 e. The predicted molar refractivity (Wildman–Crippen MR) is 78.7 cm³/mol. The highest BCUT2D eigenvalue weighted by Gasteiger charge is 2.33. The van der Waals surface area contributed by atoms with Crippen LogP contribution in [-0.2, 0) is 4.79 Å². The van der Waals surface area contributed by atoms with Crippen LogP contribution in [0, 0.1) is 10.1 Å². The Bertz CT molecular complexity index is 590. The molecule has 0 fully saturated rings. The molecular formula is C13H16N2O5S. The van der Waals surface area contributed by atoms with E-state index in [2.05, 4.69) is 5.32 Å². The van der Waals surface area contributed by atoms with E-state index in [1.807, 2.05) is 0 Å². The Morgan fingerprint density at radius 3 is 2.52 bits per heavy atom. The summed E-state index contributed by atoms with van der Waals surface area (Å²) in [5.74, 6) is -1.81. The average Bonchev–Trinajstić information content (AvgIpc) is 2.45. The van der Waals surface area contributed by atoms with E-state index in [-0.39, 0.29) is 17.7 Å². The van der Waals surface area contributed by atoms with Crippen molar-refractivity contribution >= 4 is 29.3 Å². The maximum absolute atomic E-state index is 12.1. The highest BCUT2D eigenvalue weighted by Crippen LogP contribution is 2.28. The van der Waals surface area contributed by atoms with Crippen molar-refractivity contribution in [3.05, 3.63) is 33.9 Å². The van der Waals surface area contributed by atoms with Gasteiger partial charge in [0.25, 0.3) is 11.6 Å². The van der Waals surface area contributed by atoms with Crippen molar-refractivity contribution in [3.8, 4) is 0 Å². The normalized spacial score (nSPS) is 13.3. The van der Waals surface area contributed by atoms with Crippen molar-refractivity contribution in [2.75, 3.05) is 6.26 Å². The number of hydrogen-bond acceptors (Lipinski definition) is 5. The summed E-state index contributed by atoms with van der Waals surface area (Å²) < 4.78 is 0. The molecule has 0 aliphatic rings. The summed E-state index contributed by atoms with van der Waals surface area (Å²) in [6, 6.07) is 4.06. The number of nitro groups is 1. The first-order valence-electron chi connectivity index (χ1n) is 6.13. The Morgan fingerprint density at radius 1 is 1.48 bits per heavy atom. The molecule has 1 amide bonds. The van der Waals surface area contributed by atoms with Crippen molar-refractivity contribution in [1.82, 2.24) is 5.32 Å². The number of nitro benzene ring substituents is 1. The molecule has 1 unspecified atom stereocenters. The zero-order valence-electron chi connectivity index (χ0n) is 11.9. The van der Waals surface area contributed by atoms with E-state index in [0.717, 1.165) is 6.07 Å². The molecule has 1 rings (SSSR count). The highest BCUT2D eigenvalue weighted by atomic mass is 32.2. The van der Waals surface area contributed by atoms with Crippen molar-refractivity contribution in [1.29, 1.82) is 0 Å². The van der Waals surface area contributed by atoms with Gasteiger partial charge in [-0.1, -0.05) is 6.92 Å². The van der Waals surface area contributed by atoms with E-state index < -0.39 is 22.3 Å². The molecule has 21 heavy (non-hydrogen) atoms. The van der Waals surface area contributed by atoms with E-state index in [9.17, 15) is 19.7 Å². The standard InChI is InChI=1S/C13H16N2O5S/c1-4-13(2,12(17)18)14-11(16)8-5-6-10(21-3)9(7-8)15(19)20/h5-7H,4H2,1-3H3,(H,14,16)(H,17,18). The minimum Gasteiger partial charge on any atom is -0.480 e. The second kappa shape index (κ2) is 6.57. The number of thioether (sulfide) groups is 1. The molecule has 0 aliphatic heterocycles. The van der Waals surface area contributed by atoms with Gasteiger partial charge in [-0.3, -0.25) is 14.9 Å². The summed E-state index contributed by atoms with van der Waals surface area (Å²) in [6.45, 7) is 3.02. The molecule has 2 N–H and O–H groups in total. The Labute approximate surface area is 125 Å². The second-order valence-corrected chi connectivity index (χ2v) is 5.44. The molecule has 0 radical (unpaired) electrons. The van der Waals surface area contributed by atoms with Crippen LogP contribution in [0.2, 0.25) is 0 Å². The number of amides is 1. The second-order valence-electron chi connectivity index (χ2n) is 4.59. The van der Waals surface area contributed by atoms with Gasteiger partial charge in [0.05, 0.1) is 9.82 Å². The summed E-state index contributed by atoms with van der Waals surface area (Å²) >= 11 is 1.20. The molecule has 1 aromatic carbocycles. The third kappa shape index (κ3) is 3.72. The molecule has 0 saturated heterocycles. The Kier molecular flexibility index (Phi) is 5.31. The summed E-state index contributed by atoms with van der Waals surface area (Å²) in [7, 11) is 0. The molecule has 8 heteroatoms.